The van der Waals surface area contributed by atoms with Gasteiger partial charge in [0.25, 0.3) is 0 Å². The number of aliphatic hydroxyl groups is 1. The van der Waals surface area contributed by atoms with Crippen LogP contribution in [-0.2, 0) is 14.3 Å². The number of aliphatic hydroxyl groups excluding tert-OH is 1. The van der Waals surface area contributed by atoms with E-state index in [2.05, 4.69) is 0 Å². The van der Waals surface area contributed by atoms with E-state index in [-0.39, 0.29) is 19.8 Å². The number of rotatable bonds is 3. The summed E-state index contributed by atoms with van der Waals surface area (Å²) in [6.07, 6.45) is -0.0752. The summed E-state index contributed by atoms with van der Waals surface area (Å²) in [6, 6.07) is 0. The molecule has 1 unspecified atom stereocenters. The molecule has 0 aromatic carbocycles. The van der Waals surface area contributed by atoms with Gasteiger partial charge in [-0.1, -0.05) is 0 Å². The zero-order valence-electron chi connectivity index (χ0n) is 12.1. The van der Waals surface area contributed by atoms with Crippen LogP contribution >= 0.6 is 0 Å². The van der Waals surface area contributed by atoms with Gasteiger partial charge in [-0.05, 0) is 34.1 Å². The largest absolute Gasteiger partial charge is 0.465 e. The third-order valence-corrected chi connectivity index (χ3v) is 3.02. The Hall–Kier alpha value is -1.30. The summed E-state index contributed by atoms with van der Waals surface area (Å²) >= 11 is 0. The average Bonchev–Trinajstić information content (AvgIpc) is 2.72. The highest BCUT2D eigenvalue weighted by Gasteiger charge is 2.47. The molecule has 110 valence electrons. The number of nitrogens with zero attached hydrogens (tertiary/aromatic N) is 1. The Balaban J connectivity index is 2.70. The molecule has 0 aromatic rings. The van der Waals surface area contributed by atoms with E-state index in [0.717, 1.165) is 0 Å². The minimum absolute atomic E-state index is 0.136. The predicted octanol–water partition coefficient (Wildman–Crippen LogP) is 1.17. The predicted molar refractivity (Wildman–Crippen MR) is 68.6 cm³/mol. The highest BCUT2D eigenvalue weighted by molar-refractivity contribution is 5.79. The molecule has 0 spiro atoms. The van der Waals surface area contributed by atoms with Gasteiger partial charge in [-0.15, -0.1) is 0 Å². The van der Waals surface area contributed by atoms with Crippen molar-refractivity contribution in [2.45, 2.75) is 39.7 Å². The highest BCUT2D eigenvalue weighted by atomic mass is 16.6. The molecule has 1 rings (SSSR count). The smallest absolute Gasteiger partial charge is 0.410 e. The summed E-state index contributed by atoms with van der Waals surface area (Å²) in [5, 5.41) is 9.47. The summed E-state index contributed by atoms with van der Waals surface area (Å²) in [7, 11) is 0. The van der Waals surface area contributed by atoms with Crippen LogP contribution in [0.25, 0.3) is 0 Å². The van der Waals surface area contributed by atoms with Crippen molar-refractivity contribution < 1.29 is 24.2 Å². The highest BCUT2D eigenvalue weighted by Crippen LogP contribution is 2.32. The summed E-state index contributed by atoms with van der Waals surface area (Å²) in [4.78, 5) is 25.2. The molecule has 1 N–H and O–H groups in total. The van der Waals surface area contributed by atoms with Crippen molar-refractivity contribution in [3.05, 3.63) is 0 Å². The monoisotopic (exact) mass is 273 g/mol. The molecule has 0 aromatic heterocycles. The summed E-state index contributed by atoms with van der Waals surface area (Å²) in [5.41, 5.74) is -1.58. The van der Waals surface area contributed by atoms with Gasteiger partial charge in [-0.2, -0.15) is 0 Å². The van der Waals surface area contributed by atoms with Crippen LogP contribution in [-0.4, -0.2) is 54.0 Å². The van der Waals surface area contributed by atoms with Crippen LogP contribution in [0.4, 0.5) is 4.79 Å². The fourth-order valence-corrected chi connectivity index (χ4v) is 2.00. The molecule has 1 amide bonds. The molecular weight excluding hydrogens is 250 g/mol. The Morgan fingerprint density at radius 3 is 2.47 bits per heavy atom. The molecule has 1 aliphatic heterocycles. The minimum Gasteiger partial charge on any atom is -0.465 e. The van der Waals surface area contributed by atoms with Gasteiger partial charge in [-0.3, -0.25) is 4.79 Å². The van der Waals surface area contributed by atoms with E-state index in [1.54, 1.807) is 27.7 Å². The third kappa shape index (κ3) is 3.83. The lowest BCUT2D eigenvalue weighted by Crippen LogP contribution is -2.42. The number of hydrogen-bond donors (Lipinski definition) is 1. The Labute approximate surface area is 113 Å². The van der Waals surface area contributed by atoms with E-state index in [0.29, 0.717) is 13.0 Å². The van der Waals surface area contributed by atoms with Crippen LogP contribution in [0.2, 0.25) is 0 Å². The lowest BCUT2D eigenvalue weighted by Gasteiger charge is -2.27. The number of amides is 1. The Bertz CT molecular complexity index is 349. The van der Waals surface area contributed by atoms with Crippen LogP contribution in [0.1, 0.15) is 34.1 Å². The van der Waals surface area contributed by atoms with Crippen molar-refractivity contribution in [1.82, 2.24) is 4.90 Å². The third-order valence-electron chi connectivity index (χ3n) is 3.02. The average molecular weight is 273 g/mol. The second kappa shape index (κ2) is 5.77. The zero-order chi connectivity index (χ0) is 14.7. The summed E-state index contributed by atoms with van der Waals surface area (Å²) < 4.78 is 10.2. The first-order chi connectivity index (χ1) is 8.74. The number of likely N-dealkylation sites (tertiary alicyclic amines) is 1. The van der Waals surface area contributed by atoms with Crippen molar-refractivity contribution in [1.29, 1.82) is 0 Å². The zero-order valence-corrected chi connectivity index (χ0v) is 12.1. The first-order valence-electron chi connectivity index (χ1n) is 6.50. The molecule has 0 saturated carbocycles. The molecule has 1 saturated heterocycles. The van der Waals surface area contributed by atoms with Gasteiger partial charge in [0, 0.05) is 13.1 Å². The quantitative estimate of drug-likeness (QED) is 0.781. The lowest BCUT2D eigenvalue weighted by atomic mass is 9.88. The van der Waals surface area contributed by atoms with Crippen molar-refractivity contribution >= 4 is 12.1 Å². The van der Waals surface area contributed by atoms with E-state index >= 15 is 0 Å². The van der Waals surface area contributed by atoms with Gasteiger partial charge in [0.1, 0.15) is 11.0 Å². The van der Waals surface area contributed by atoms with Crippen LogP contribution in [0.3, 0.4) is 0 Å². The molecule has 6 nitrogen and oxygen atoms in total. The van der Waals surface area contributed by atoms with E-state index in [4.69, 9.17) is 9.47 Å². The van der Waals surface area contributed by atoms with E-state index in [1.807, 2.05) is 0 Å². The Kier molecular flexibility index (Phi) is 4.79. The van der Waals surface area contributed by atoms with Crippen molar-refractivity contribution in [3.63, 3.8) is 0 Å². The number of ether oxygens (including phenoxy) is 2. The first kappa shape index (κ1) is 15.8. The molecule has 1 heterocycles. The lowest BCUT2D eigenvalue weighted by molar-refractivity contribution is -0.157. The number of carbonyl (C=O) groups is 2. The van der Waals surface area contributed by atoms with Gasteiger partial charge in [0.2, 0.25) is 0 Å². The maximum Gasteiger partial charge on any atom is 0.410 e. The van der Waals surface area contributed by atoms with Crippen molar-refractivity contribution in [2.24, 2.45) is 5.41 Å². The molecule has 6 heteroatoms. The Morgan fingerprint density at radius 1 is 1.37 bits per heavy atom. The van der Waals surface area contributed by atoms with E-state index in [1.165, 1.54) is 4.90 Å². The second-order valence-corrected chi connectivity index (χ2v) is 5.81. The standard InChI is InChI=1S/C13H23NO5/c1-5-18-10(16)13(9-15)6-7-14(8-13)11(17)19-12(2,3)4/h15H,5-9H2,1-4H3. The molecule has 19 heavy (non-hydrogen) atoms. The summed E-state index contributed by atoms with van der Waals surface area (Å²) in [5.74, 6) is -0.455. The minimum atomic E-state index is -1.01. The SMILES string of the molecule is CCOC(=O)C1(CO)CCN(C(=O)OC(C)(C)C)C1. The molecule has 1 atom stereocenters. The first-order valence-corrected chi connectivity index (χ1v) is 6.50. The van der Waals surface area contributed by atoms with Crippen LogP contribution in [0.15, 0.2) is 0 Å². The maximum atomic E-state index is 11.9. The van der Waals surface area contributed by atoms with Crippen molar-refractivity contribution in [2.75, 3.05) is 26.3 Å². The van der Waals surface area contributed by atoms with Crippen LogP contribution in [0, 0.1) is 5.41 Å². The number of esters is 1. The molecule has 1 aliphatic rings. The van der Waals surface area contributed by atoms with Crippen molar-refractivity contribution in [3.8, 4) is 0 Å². The second-order valence-electron chi connectivity index (χ2n) is 5.81. The molecule has 1 fully saturated rings. The van der Waals surface area contributed by atoms with E-state index in [9.17, 15) is 14.7 Å². The summed E-state index contributed by atoms with van der Waals surface area (Å²) in [6.45, 7) is 7.51. The maximum absolute atomic E-state index is 11.9. The van der Waals surface area contributed by atoms with Gasteiger partial charge in [0.05, 0.1) is 13.2 Å². The van der Waals surface area contributed by atoms with Gasteiger partial charge in [0.15, 0.2) is 0 Å². The molecule has 0 radical (unpaired) electrons. The van der Waals surface area contributed by atoms with Gasteiger partial charge < -0.3 is 19.5 Å². The number of carbonyl (C=O) groups excluding carboxylic acids is 2. The van der Waals surface area contributed by atoms with Gasteiger partial charge >= 0.3 is 12.1 Å². The fourth-order valence-electron chi connectivity index (χ4n) is 2.00. The van der Waals surface area contributed by atoms with E-state index < -0.39 is 23.1 Å². The van der Waals surface area contributed by atoms with Crippen LogP contribution < -0.4 is 0 Å². The Morgan fingerprint density at radius 2 is 2.00 bits per heavy atom. The molecule has 0 bridgehead atoms. The number of hydrogen-bond acceptors (Lipinski definition) is 5. The molecular formula is C13H23NO5. The van der Waals surface area contributed by atoms with Gasteiger partial charge in [-0.25, -0.2) is 4.79 Å². The normalized spacial score (nSPS) is 23.3. The topological polar surface area (TPSA) is 76.1 Å². The molecule has 0 aliphatic carbocycles. The van der Waals surface area contributed by atoms with Crippen LogP contribution in [0.5, 0.6) is 0 Å². The fraction of sp³-hybridized carbons (Fsp3) is 0.846.